The monoisotopic (exact) mass is 446 g/mol. The largest absolute Gasteiger partial charge is 0.327 e. The number of hydrogen-bond donors (Lipinski definition) is 4. The van der Waals surface area contributed by atoms with Crippen molar-refractivity contribution in [2.75, 3.05) is 10.6 Å². The molecule has 0 unspecified atom stereocenters. The number of benzene rings is 2. The van der Waals surface area contributed by atoms with Gasteiger partial charge in [-0.1, -0.05) is 29.8 Å². The zero-order valence-corrected chi connectivity index (χ0v) is 17.4. The molecule has 6 rings (SSSR count). The van der Waals surface area contributed by atoms with Crippen LogP contribution in [0.2, 0.25) is 5.02 Å². The molecule has 32 heavy (non-hydrogen) atoms. The van der Waals surface area contributed by atoms with E-state index in [2.05, 4.69) is 25.7 Å². The van der Waals surface area contributed by atoms with Gasteiger partial charge in [-0.2, -0.15) is 5.10 Å². The number of carbonyl (C=O) groups is 1. The Bertz CT molecular complexity index is 1570. The van der Waals surface area contributed by atoms with Gasteiger partial charge in [0.1, 0.15) is 17.1 Å². The second-order valence-corrected chi connectivity index (χ2v) is 8.17. The molecule has 0 saturated carbocycles. The molecule has 1 spiro atoms. The molecule has 158 valence electrons. The molecule has 2 aromatic carbocycles. The van der Waals surface area contributed by atoms with E-state index in [4.69, 9.17) is 11.6 Å². The predicted octanol–water partition coefficient (Wildman–Crippen LogP) is 2.55. The summed E-state index contributed by atoms with van der Waals surface area (Å²) in [4.78, 5) is 43.9. The lowest BCUT2D eigenvalue weighted by atomic mass is 9.69. The molecule has 0 fully saturated rings. The zero-order chi connectivity index (χ0) is 22.2. The average molecular weight is 447 g/mol. The highest BCUT2D eigenvalue weighted by molar-refractivity contribution is 6.31. The topological polar surface area (TPSA) is 125 Å². The fourth-order valence-corrected chi connectivity index (χ4v) is 4.97. The van der Waals surface area contributed by atoms with Crippen molar-refractivity contribution < 1.29 is 4.79 Å². The number of nitrogens with one attached hydrogen (secondary N) is 4. The van der Waals surface area contributed by atoms with Gasteiger partial charge in [0.2, 0.25) is 5.91 Å². The number of rotatable bonds is 1. The maximum absolute atomic E-state index is 13.7. The van der Waals surface area contributed by atoms with Crippen LogP contribution in [-0.4, -0.2) is 25.7 Å². The number of carbonyl (C=O) groups excluding carboxylic acids is 1. The van der Waals surface area contributed by atoms with Gasteiger partial charge >= 0.3 is 5.69 Å². The third-order valence-corrected chi connectivity index (χ3v) is 6.21. The van der Waals surface area contributed by atoms with Gasteiger partial charge in [-0.3, -0.25) is 19.6 Å². The molecule has 4 N–H and O–H groups in total. The number of aromatic amines is 2. The molecule has 4 aromatic rings. The van der Waals surface area contributed by atoms with Crippen LogP contribution in [0.3, 0.4) is 0 Å². The van der Waals surface area contributed by atoms with E-state index in [0.29, 0.717) is 33.3 Å². The van der Waals surface area contributed by atoms with E-state index in [1.807, 2.05) is 30.3 Å². The Hall–Kier alpha value is -4.11. The van der Waals surface area contributed by atoms with Crippen molar-refractivity contribution in [3.63, 3.8) is 0 Å². The molecule has 0 bridgehead atoms. The summed E-state index contributed by atoms with van der Waals surface area (Å²) in [7, 11) is 0. The van der Waals surface area contributed by atoms with E-state index in [-0.39, 0.29) is 11.4 Å². The molecule has 2 aromatic heterocycles. The van der Waals surface area contributed by atoms with Gasteiger partial charge in [0.05, 0.1) is 16.9 Å². The Balaban J connectivity index is 1.80. The number of nitrogens with zero attached hydrogens (tertiary/aromatic N) is 2. The molecule has 1 atom stereocenters. The second kappa shape index (κ2) is 6.21. The van der Waals surface area contributed by atoms with Crippen molar-refractivity contribution in [3.05, 3.63) is 96.8 Å². The van der Waals surface area contributed by atoms with E-state index < -0.39 is 22.6 Å². The third-order valence-electron chi connectivity index (χ3n) is 5.97. The van der Waals surface area contributed by atoms with Crippen molar-refractivity contribution >= 4 is 34.8 Å². The summed E-state index contributed by atoms with van der Waals surface area (Å²) < 4.78 is 1.66. The molecular weight excluding hydrogens is 432 g/mol. The van der Waals surface area contributed by atoms with Crippen molar-refractivity contribution in [1.29, 1.82) is 0 Å². The van der Waals surface area contributed by atoms with Crippen molar-refractivity contribution in [2.24, 2.45) is 0 Å². The van der Waals surface area contributed by atoms with E-state index in [0.717, 1.165) is 5.69 Å². The van der Waals surface area contributed by atoms with Crippen LogP contribution in [0.4, 0.5) is 17.3 Å². The molecule has 2 aliphatic heterocycles. The molecular formula is C22H15ClN6O3. The first-order valence-electron chi connectivity index (χ1n) is 9.82. The van der Waals surface area contributed by atoms with Crippen LogP contribution >= 0.6 is 11.6 Å². The van der Waals surface area contributed by atoms with Gasteiger partial charge in [0.15, 0.2) is 0 Å². The summed E-state index contributed by atoms with van der Waals surface area (Å²) in [5.74, 6) is 0.184. The van der Waals surface area contributed by atoms with E-state index in [1.165, 1.54) is 0 Å². The lowest BCUT2D eigenvalue weighted by molar-refractivity contribution is -0.118. The molecule has 4 heterocycles. The predicted molar refractivity (Wildman–Crippen MR) is 119 cm³/mol. The fraction of sp³-hybridized carbons (Fsp3) is 0.0909. The lowest BCUT2D eigenvalue weighted by Crippen LogP contribution is -2.46. The minimum atomic E-state index is -1.55. The standard InChI is InChI=1S/C22H15ClN6O3/c1-10-15-18(29(28-10)12-5-3-2-4-6-12)25-17-16(19(30)27-21(32)26-17)22(15)13-9-11(23)7-8-14(13)24-20(22)31/h2-9H,1H3,(H,24,31)(H3,25,26,27,30,32)/t22-/m1/s1. The first-order chi connectivity index (χ1) is 15.4. The number of anilines is 3. The maximum atomic E-state index is 13.7. The van der Waals surface area contributed by atoms with E-state index >= 15 is 0 Å². The number of hydrogen-bond acceptors (Lipinski definition) is 5. The highest BCUT2D eigenvalue weighted by Gasteiger charge is 2.58. The van der Waals surface area contributed by atoms with Crippen LogP contribution in [0.15, 0.2) is 58.1 Å². The Labute approximate surface area is 185 Å². The Morgan fingerprint density at radius 1 is 0.969 bits per heavy atom. The highest BCUT2D eigenvalue weighted by atomic mass is 35.5. The Morgan fingerprint density at radius 2 is 1.75 bits per heavy atom. The summed E-state index contributed by atoms with van der Waals surface area (Å²) in [5.41, 5.74) is 0.0522. The van der Waals surface area contributed by atoms with Gasteiger partial charge in [0, 0.05) is 21.8 Å². The number of halogens is 1. The van der Waals surface area contributed by atoms with Crippen LogP contribution in [0.1, 0.15) is 22.4 Å². The molecule has 10 heteroatoms. The van der Waals surface area contributed by atoms with Gasteiger partial charge < -0.3 is 10.6 Å². The zero-order valence-electron chi connectivity index (χ0n) is 16.6. The first kappa shape index (κ1) is 18.6. The Kier molecular flexibility index (Phi) is 3.62. The van der Waals surface area contributed by atoms with Crippen LogP contribution in [0.5, 0.6) is 0 Å². The van der Waals surface area contributed by atoms with Crippen molar-refractivity contribution in [3.8, 4) is 5.69 Å². The molecule has 0 aliphatic carbocycles. The molecule has 2 aliphatic rings. The van der Waals surface area contributed by atoms with Gasteiger partial charge in [-0.15, -0.1) is 0 Å². The number of fused-ring (bicyclic) bond motifs is 6. The second-order valence-electron chi connectivity index (χ2n) is 7.73. The minimum absolute atomic E-state index is 0.0822. The lowest BCUT2D eigenvalue weighted by Gasteiger charge is -2.34. The molecule has 1 amide bonds. The number of aryl methyl sites for hydroxylation is 1. The summed E-state index contributed by atoms with van der Waals surface area (Å²) in [6.07, 6.45) is 0. The summed E-state index contributed by atoms with van der Waals surface area (Å²) in [6.45, 7) is 1.78. The van der Waals surface area contributed by atoms with Crippen molar-refractivity contribution in [1.82, 2.24) is 19.7 Å². The van der Waals surface area contributed by atoms with Crippen LogP contribution in [0, 0.1) is 6.92 Å². The van der Waals surface area contributed by atoms with Gasteiger partial charge in [-0.05, 0) is 37.3 Å². The molecule has 9 nitrogen and oxygen atoms in total. The highest BCUT2D eigenvalue weighted by Crippen LogP contribution is 2.54. The normalized spacial score (nSPS) is 18.0. The minimum Gasteiger partial charge on any atom is -0.326 e. The van der Waals surface area contributed by atoms with Crippen LogP contribution in [-0.2, 0) is 10.2 Å². The summed E-state index contributed by atoms with van der Waals surface area (Å²) >= 11 is 6.31. The third kappa shape index (κ3) is 2.23. The van der Waals surface area contributed by atoms with Crippen molar-refractivity contribution in [2.45, 2.75) is 12.3 Å². The van der Waals surface area contributed by atoms with Crippen LogP contribution < -0.4 is 21.9 Å². The number of amides is 1. The fourth-order valence-electron chi connectivity index (χ4n) is 4.80. The van der Waals surface area contributed by atoms with Gasteiger partial charge in [0.25, 0.3) is 5.56 Å². The van der Waals surface area contributed by atoms with Crippen LogP contribution in [0.25, 0.3) is 5.69 Å². The number of H-pyrrole nitrogens is 2. The number of para-hydroxylation sites is 1. The first-order valence-corrected chi connectivity index (χ1v) is 10.2. The quantitative estimate of drug-likeness (QED) is 0.357. The van der Waals surface area contributed by atoms with Gasteiger partial charge in [-0.25, -0.2) is 9.48 Å². The molecule has 0 saturated heterocycles. The summed E-state index contributed by atoms with van der Waals surface area (Å²) in [5, 5.41) is 11.1. The maximum Gasteiger partial charge on any atom is 0.327 e. The van der Waals surface area contributed by atoms with E-state index in [1.54, 1.807) is 29.8 Å². The smallest absolute Gasteiger partial charge is 0.326 e. The number of aromatic nitrogens is 4. The molecule has 0 radical (unpaired) electrons. The average Bonchev–Trinajstić information content (AvgIpc) is 3.23. The Morgan fingerprint density at radius 3 is 2.53 bits per heavy atom. The summed E-state index contributed by atoms with van der Waals surface area (Å²) in [6, 6.07) is 14.4. The van der Waals surface area contributed by atoms with E-state index in [9.17, 15) is 14.4 Å². The SMILES string of the molecule is Cc1nn(-c2ccccc2)c2c1[C@@]1(C(=O)Nc3ccc(Cl)cc31)c1c([nH]c(=O)[nH]c1=O)N2.